The highest BCUT2D eigenvalue weighted by molar-refractivity contribution is 7.88. The van der Waals surface area contributed by atoms with Gasteiger partial charge in [0.2, 0.25) is 0 Å². The summed E-state index contributed by atoms with van der Waals surface area (Å²) >= 11 is 5.86. The molecule has 0 aliphatic heterocycles. The summed E-state index contributed by atoms with van der Waals surface area (Å²) in [5.41, 5.74) is -7.52. The third kappa shape index (κ3) is 6.17. The Labute approximate surface area is 234 Å². The monoisotopic (exact) mass is 613 g/mol. The van der Waals surface area contributed by atoms with Gasteiger partial charge in [-0.2, -0.15) is 26.7 Å². The number of nitrogens with zero attached hydrogens (tertiary/aromatic N) is 4. The van der Waals surface area contributed by atoms with E-state index < -0.39 is 62.0 Å². The number of aromatic nitrogens is 4. The molecule has 17 heteroatoms. The molecule has 0 fully saturated rings. The Kier molecular flexibility index (Phi) is 8.08. The van der Waals surface area contributed by atoms with Gasteiger partial charge in [0, 0.05) is 42.1 Å². The van der Waals surface area contributed by atoms with Crippen molar-refractivity contribution in [1.82, 2.24) is 24.6 Å². The number of methoxy groups -OCH3 is 1. The van der Waals surface area contributed by atoms with Crippen LogP contribution in [0.15, 0.2) is 53.7 Å². The molecule has 0 bridgehead atoms. The van der Waals surface area contributed by atoms with Gasteiger partial charge in [0.15, 0.2) is 5.75 Å². The number of esters is 1. The fourth-order valence-corrected chi connectivity index (χ4v) is 4.31. The van der Waals surface area contributed by atoms with Gasteiger partial charge in [0.25, 0.3) is 11.5 Å². The molecule has 216 valence electrons. The number of pyridine rings is 2. The zero-order valence-corrected chi connectivity index (χ0v) is 22.7. The lowest BCUT2D eigenvalue weighted by Gasteiger charge is -2.17. The van der Waals surface area contributed by atoms with Crippen LogP contribution in [0, 0.1) is 0 Å². The predicted molar refractivity (Wildman–Crippen MR) is 138 cm³/mol. The van der Waals surface area contributed by atoms with Crippen LogP contribution in [0.2, 0.25) is 5.02 Å². The zero-order chi connectivity index (χ0) is 30.1. The van der Waals surface area contributed by atoms with Crippen LogP contribution < -0.4 is 15.1 Å². The van der Waals surface area contributed by atoms with Crippen LogP contribution in [0.1, 0.15) is 15.9 Å². The van der Waals surface area contributed by atoms with E-state index >= 15 is 0 Å². The number of hydrogen-bond donors (Lipinski definition) is 1. The number of aryl methyl sites for hydroxylation is 1. The molecule has 0 aliphatic carbocycles. The maximum absolute atomic E-state index is 13.4. The lowest BCUT2D eigenvalue weighted by molar-refractivity contribution is -0.141. The average molecular weight is 614 g/mol. The molecular weight excluding hydrogens is 595 g/mol. The minimum atomic E-state index is -6.24. The van der Waals surface area contributed by atoms with E-state index in [1.807, 2.05) is 0 Å². The van der Waals surface area contributed by atoms with Crippen molar-refractivity contribution in [3.05, 3.63) is 75.4 Å². The minimum absolute atomic E-state index is 0.0791. The lowest BCUT2D eigenvalue weighted by Crippen LogP contribution is -2.35. The molecule has 0 saturated heterocycles. The zero-order valence-electron chi connectivity index (χ0n) is 21.1. The molecule has 4 rings (SSSR count). The van der Waals surface area contributed by atoms with E-state index in [4.69, 9.17) is 11.6 Å². The summed E-state index contributed by atoms with van der Waals surface area (Å²) in [6, 6.07) is 7.20. The molecule has 3 aromatic heterocycles. The van der Waals surface area contributed by atoms with Gasteiger partial charge in [0.1, 0.15) is 17.8 Å². The van der Waals surface area contributed by atoms with Crippen molar-refractivity contribution >= 4 is 44.6 Å². The summed E-state index contributed by atoms with van der Waals surface area (Å²) < 4.78 is 75.5. The minimum Gasteiger partial charge on any atom is -0.468 e. The van der Waals surface area contributed by atoms with Crippen molar-refractivity contribution in [2.45, 2.75) is 18.6 Å². The summed E-state index contributed by atoms with van der Waals surface area (Å²) in [6.45, 7) is -0.890. The summed E-state index contributed by atoms with van der Waals surface area (Å²) in [7, 11) is -3.72. The second-order valence-electron chi connectivity index (χ2n) is 8.46. The van der Waals surface area contributed by atoms with Crippen molar-refractivity contribution in [1.29, 1.82) is 0 Å². The number of nitrogens with one attached hydrogen (secondary N) is 1. The topological polar surface area (TPSA) is 151 Å². The van der Waals surface area contributed by atoms with E-state index in [9.17, 15) is 36.0 Å². The van der Waals surface area contributed by atoms with Crippen LogP contribution in [0.3, 0.4) is 0 Å². The molecule has 1 amide bonds. The Morgan fingerprint density at radius 2 is 1.83 bits per heavy atom. The van der Waals surface area contributed by atoms with Crippen molar-refractivity contribution in [3.8, 4) is 16.9 Å². The summed E-state index contributed by atoms with van der Waals surface area (Å²) in [6.07, 6.45) is 3.51. The van der Waals surface area contributed by atoms with E-state index in [2.05, 4.69) is 24.3 Å². The average Bonchev–Trinajstić information content (AvgIpc) is 3.34. The largest absolute Gasteiger partial charge is 0.534 e. The number of carbonyl (C=O) groups is 2. The predicted octanol–water partition coefficient (Wildman–Crippen LogP) is 2.78. The number of ether oxygens (including phenoxy) is 1. The Hall–Kier alpha value is -4.44. The molecule has 12 nitrogen and oxygen atoms in total. The molecule has 1 aromatic carbocycles. The van der Waals surface area contributed by atoms with Crippen molar-refractivity contribution in [3.63, 3.8) is 0 Å². The standard InChI is InChI=1S/C24H19ClF3N5O7S/c1-32-11-14(9-31-32)18-10-29-21-16(20(18)40-41(37,38)24(26,27)28)7-17(23(36)33(21)12-19(34)39-2)22(35)30-8-13-3-5-15(25)6-4-13/h3-7,9-11H,8,12H2,1-2H3,(H,30,35). The number of carbonyl (C=O) groups excluding carboxylic acids is 2. The van der Waals surface area contributed by atoms with Crippen LogP contribution in [0.5, 0.6) is 5.75 Å². The first kappa shape index (κ1) is 29.5. The lowest BCUT2D eigenvalue weighted by atomic mass is 10.1. The number of hydrogen-bond acceptors (Lipinski definition) is 9. The van der Waals surface area contributed by atoms with Gasteiger partial charge in [-0.1, -0.05) is 23.7 Å². The number of rotatable bonds is 8. The van der Waals surface area contributed by atoms with E-state index in [0.29, 0.717) is 15.2 Å². The van der Waals surface area contributed by atoms with Gasteiger partial charge in [0.05, 0.1) is 18.7 Å². The molecule has 0 unspecified atom stereocenters. The molecular formula is C24H19ClF3N5O7S. The van der Waals surface area contributed by atoms with E-state index in [1.165, 1.54) is 24.1 Å². The van der Waals surface area contributed by atoms with Gasteiger partial charge in [-0.3, -0.25) is 23.6 Å². The quantitative estimate of drug-likeness (QED) is 0.180. The van der Waals surface area contributed by atoms with Gasteiger partial charge in [-0.15, -0.1) is 0 Å². The number of fused-ring (bicyclic) bond motifs is 1. The maximum atomic E-state index is 13.4. The van der Waals surface area contributed by atoms with Gasteiger partial charge < -0.3 is 14.2 Å². The summed E-state index contributed by atoms with van der Waals surface area (Å²) in [5, 5.41) is 6.37. The number of amides is 1. The number of halogens is 4. The normalized spacial score (nSPS) is 11.9. The molecule has 0 radical (unpaired) electrons. The smallest absolute Gasteiger partial charge is 0.468 e. The van der Waals surface area contributed by atoms with Gasteiger partial charge >= 0.3 is 21.6 Å². The fraction of sp³-hybridized carbons (Fsp3) is 0.208. The number of benzene rings is 1. The van der Waals surface area contributed by atoms with Crippen molar-refractivity contribution in [2.75, 3.05) is 7.11 Å². The Bertz CT molecular complexity index is 1820. The van der Waals surface area contributed by atoms with E-state index in [-0.39, 0.29) is 17.7 Å². The maximum Gasteiger partial charge on any atom is 0.534 e. The Morgan fingerprint density at radius 3 is 2.41 bits per heavy atom. The second kappa shape index (κ2) is 11.2. The highest BCUT2D eigenvalue weighted by Crippen LogP contribution is 2.39. The number of alkyl halides is 3. The van der Waals surface area contributed by atoms with Crippen LogP contribution in [-0.4, -0.2) is 52.2 Å². The Morgan fingerprint density at radius 1 is 1.15 bits per heavy atom. The van der Waals surface area contributed by atoms with Gasteiger partial charge in [-0.25, -0.2) is 4.98 Å². The summed E-state index contributed by atoms with van der Waals surface area (Å²) in [4.78, 5) is 42.7. The first-order valence-electron chi connectivity index (χ1n) is 11.4. The van der Waals surface area contributed by atoms with E-state index in [1.54, 1.807) is 24.3 Å². The van der Waals surface area contributed by atoms with Gasteiger partial charge in [-0.05, 0) is 23.8 Å². The first-order valence-corrected chi connectivity index (χ1v) is 13.2. The van der Waals surface area contributed by atoms with Crippen molar-refractivity contribution < 1.29 is 40.1 Å². The molecule has 1 N–H and O–H groups in total. The molecule has 4 aromatic rings. The van der Waals surface area contributed by atoms with Crippen LogP contribution in [0.4, 0.5) is 13.2 Å². The fourth-order valence-electron chi connectivity index (χ4n) is 3.69. The third-order valence-corrected chi connectivity index (χ3v) is 6.89. The summed E-state index contributed by atoms with van der Waals surface area (Å²) in [5.74, 6) is -2.84. The van der Waals surface area contributed by atoms with Crippen LogP contribution >= 0.6 is 11.6 Å². The SMILES string of the molecule is COC(=O)Cn1c(=O)c(C(=O)NCc2ccc(Cl)cc2)cc2c(OS(=O)(=O)C(F)(F)F)c(-c3cnn(C)c3)cnc21. The molecule has 0 spiro atoms. The van der Waals surface area contributed by atoms with E-state index in [0.717, 1.165) is 19.4 Å². The molecule has 0 aliphatic rings. The molecule has 0 saturated carbocycles. The van der Waals surface area contributed by atoms with Crippen LogP contribution in [-0.2, 0) is 39.8 Å². The first-order chi connectivity index (χ1) is 19.2. The van der Waals surface area contributed by atoms with Crippen molar-refractivity contribution in [2.24, 2.45) is 7.05 Å². The highest BCUT2D eigenvalue weighted by atomic mass is 35.5. The Balaban J connectivity index is 1.96. The van der Waals surface area contributed by atoms with Crippen LogP contribution in [0.25, 0.3) is 22.2 Å². The molecule has 3 heterocycles. The highest BCUT2D eigenvalue weighted by Gasteiger charge is 2.49. The molecule has 0 atom stereocenters. The molecule has 41 heavy (non-hydrogen) atoms. The third-order valence-electron chi connectivity index (χ3n) is 5.68. The second-order valence-corrected chi connectivity index (χ2v) is 10.4.